The zero-order chi connectivity index (χ0) is 25.1. The number of hydrogen-bond donors (Lipinski definition) is 2. The molecule has 2 heterocycles. The number of aliphatic hydroxyl groups is 1. The first-order valence-corrected chi connectivity index (χ1v) is 15.4. The molecule has 1 fully saturated rings. The van der Waals surface area contributed by atoms with E-state index in [0.29, 0.717) is 42.3 Å². The molecule has 10 heteroatoms. The van der Waals surface area contributed by atoms with Crippen LogP contribution in [0.2, 0.25) is 25.7 Å². The van der Waals surface area contributed by atoms with E-state index in [1.165, 1.54) is 16.9 Å². The number of carbonyl (C=O) groups is 2. The molecule has 1 aromatic carbocycles. The fraction of sp³-hybridized carbons (Fsp3) is 0.583. The van der Waals surface area contributed by atoms with Crippen LogP contribution in [-0.4, -0.2) is 75.8 Å². The highest BCUT2D eigenvalue weighted by atomic mass is 28.3. The second-order valence-corrected chi connectivity index (χ2v) is 15.6. The van der Waals surface area contributed by atoms with Crippen LogP contribution in [0.3, 0.4) is 0 Å². The van der Waals surface area contributed by atoms with Gasteiger partial charge in [0.2, 0.25) is 0 Å². The van der Waals surface area contributed by atoms with Crippen LogP contribution in [0.1, 0.15) is 30.1 Å². The van der Waals surface area contributed by atoms with Crippen LogP contribution in [0, 0.1) is 0 Å². The van der Waals surface area contributed by atoms with Gasteiger partial charge in [0.05, 0.1) is 25.0 Å². The number of carbonyl (C=O) groups excluding carboxylic acids is 2. The molecule has 0 radical (unpaired) electrons. The van der Waals surface area contributed by atoms with Crippen molar-refractivity contribution in [2.45, 2.75) is 51.1 Å². The number of allylic oxidation sites excluding steroid dienone is 1. The van der Waals surface area contributed by atoms with Gasteiger partial charge in [0.15, 0.2) is 17.2 Å². The van der Waals surface area contributed by atoms with Crippen LogP contribution >= 0.6 is 0 Å². The van der Waals surface area contributed by atoms with E-state index in [1.54, 1.807) is 12.1 Å². The van der Waals surface area contributed by atoms with Crippen LogP contribution < -0.4 is 20.1 Å². The van der Waals surface area contributed by atoms with Crippen molar-refractivity contribution >= 4 is 25.6 Å². The largest absolute Gasteiger partial charge is 0.493 e. The van der Waals surface area contributed by atoms with Crippen molar-refractivity contribution in [3.8, 4) is 11.5 Å². The number of fused-ring (bicyclic) bond motifs is 2. The summed E-state index contributed by atoms with van der Waals surface area (Å²) < 4.78 is 17.2. The summed E-state index contributed by atoms with van der Waals surface area (Å²) in [4.78, 5) is 30.4. The average Bonchev–Trinajstić information content (AvgIpc) is 3.13. The maximum Gasteiger partial charge on any atom is 0.270 e. The zero-order valence-corrected chi connectivity index (χ0v) is 21.8. The summed E-state index contributed by atoms with van der Waals surface area (Å²) in [7, 11) is 0.168. The SMILES string of the molecule is C/C=C1\CN2C(=O)c3cc(OC)c(OCCCO)cc3N(COCC[Si](C)(C)C)C(=O)[C@]2(N)C1. The molecule has 0 aliphatic carbocycles. The number of anilines is 1. The Bertz CT molecular complexity index is 961. The molecule has 188 valence electrons. The third kappa shape index (κ3) is 5.30. The molecule has 2 amide bonds. The van der Waals surface area contributed by atoms with E-state index in [9.17, 15) is 9.59 Å². The number of benzene rings is 1. The smallest absolute Gasteiger partial charge is 0.270 e. The third-order valence-electron chi connectivity index (χ3n) is 6.19. The Labute approximate surface area is 202 Å². The van der Waals surface area contributed by atoms with Crippen molar-refractivity contribution in [3.63, 3.8) is 0 Å². The van der Waals surface area contributed by atoms with E-state index in [2.05, 4.69) is 19.6 Å². The molecule has 1 atom stereocenters. The second-order valence-electron chi connectivity index (χ2n) is 9.97. The Hall–Kier alpha value is -2.40. The summed E-state index contributed by atoms with van der Waals surface area (Å²) in [6, 6.07) is 4.17. The molecule has 0 saturated carbocycles. The van der Waals surface area contributed by atoms with Crippen molar-refractivity contribution in [2.75, 3.05) is 45.1 Å². The summed E-state index contributed by atoms with van der Waals surface area (Å²) in [6.45, 7) is 9.68. The summed E-state index contributed by atoms with van der Waals surface area (Å²) in [5.41, 5.74) is 6.77. The maximum atomic E-state index is 13.8. The van der Waals surface area contributed by atoms with Gasteiger partial charge in [0.25, 0.3) is 11.8 Å². The second kappa shape index (κ2) is 10.5. The minimum absolute atomic E-state index is 0.0147. The Kier molecular flexibility index (Phi) is 8.07. The fourth-order valence-corrected chi connectivity index (χ4v) is 4.85. The minimum atomic E-state index is -1.49. The van der Waals surface area contributed by atoms with Crippen LogP contribution in [0.4, 0.5) is 5.69 Å². The predicted octanol–water partition coefficient (Wildman–Crippen LogP) is 2.56. The first kappa shape index (κ1) is 26.2. The van der Waals surface area contributed by atoms with Crippen LogP contribution in [-0.2, 0) is 9.53 Å². The number of rotatable bonds is 10. The van der Waals surface area contributed by atoms with Gasteiger partial charge in [0.1, 0.15) is 6.73 Å². The molecule has 2 aliphatic heterocycles. The molecule has 9 nitrogen and oxygen atoms in total. The summed E-state index contributed by atoms with van der Waals surface area (Å²) in [5.74, 6) is 0.0140. The maximum absolute atomic E-state index is 13.8. The van der Waals surface area contributed by atoms with Crippen LogP contribution in [0.5, 0.6) is 11.5 Å². The number of nitrogens with zero attached hydrogens (tertiary/aromatic N) is 2. The third-order valence-corrected chi connectivity index (χ3v) is 7.89. The Morgan fingerprint density at radius 3 is 2.56 bits per heavy atom. The monoisotopic (exact) mass is 491 g/mol. The molecular formula is C24H37N3O6Si. The number of ether oxygens (including phenoxy) is 3. The van der Waals surface area contributed by atoms with E-state index in [0.717, 1.165) is 11.6 Å². The van der Waals surface area contributed by atoms with Gasteiger partial charge in [-0.25, -0.2) is 0 Å². The molecule has 0 aromatic heterocycles. The van der Waals surface area contributed by atoms with E-state index in [-0.39, 0.29) is 32.3 Å². The molecule has 0 unspecified atom stereocenters. The Balaban J connectivity index is 2.05. The van der Waals surface area contributed by atoms with E-state index in [4.69, 9.17) is 25.1 Å². The van der Waals surface area contributed by atoms with E-state index < -0.39 is 19.6 Å². The minimum Gasteiger partial charge on any atom is -0.493 e. The standard InChI is InChI=1S/C24H37N3O6Si/c1-6-17-14-24(25)23(30)26(16-32-10-11-34(3,4)5)19-13-21(33-9-7-8-28)20(31-2)12-18(19)22(29)27(24)15-17/h6,12-13,28H,7-11,14-16,25H2,1-5H3/b17-6-/t24-/m0/s1. The van der Waals surface area contributed by atoms with Crippen molar-refractivity contribution < 1.29 is 28.9 Å². The van der Waals surface area contributed by atoms with E-state index >= 15 is 0 Å². The normalized spacial score (nSPS) is 21.6. The molecule has 0 spiro atoms. The number of nitrogens with two attached hydrogens (primary N) is 1. The first-order chi connectivity index (χ1) is 16.1. The fourth-order valence-electron chi connectivity index (χ4n) is 4.09. The summed E-state index contributed by atoms with van der Waals surface area (Å²) >= 11 is 0. The summed E-state index contributed by atoms with van der Waals surface area (Å²) in [5, 5.41) is 9.10. The first-order valence-electron chi connectivity index (χ1n) is 11.7. The molecule has 2 aliphatic rings. The van der Waals surface area contributed by atoms with E-state index in [1.807, 2.05) is 13.0 Å². The Morgan fingerprint density at radius 1 is 1.21 bits per heavy atom. The molecule has 1 saturated heterocycles. The van der Waals surface area contributed by atoms with Crippen LogP contribution in [0.25, 0.3) is 0 Å². The van der Waals surface area contributed by atoms with Gasteiger partial charge in [-0.15, -0.1) is 0 Å². The van der Waals surface area contributed by atoms with Gasteiger partial charge < -0.3 is 30.0 Å². The molecule has 3 N–H and O–H groups in total. The lowest BCUT2D eigenvalue weighted by Gasteiger charge is -2.33. The lowest BCUT2D eigenvalue weighted by molar-refractivity contribution is -0.128. The van der Waals surface area contributed by atoms with Gasteiger partial charge in [-0.1, -0.05) is 31.3 Å². The number of methoxy groups -OCH3 is 1. The number of hydrogen-bond acceptors (Lipinski definition) is 7. The number of aliphatic hydroxyl groups excluding tert-OH is 1. The van der Waals surface area contributed by atoms with Crippen molar-refractivity contribution in [1.82, 2.24) is 4.90 Å². The molecule has 34 heavy (non-hydrogen) atoms. The molecule has 3 rings (SSSR count). The van der Waals surface area contributed by atoms with Gasteiger partial charge in [-0.3, -0.25) is 14.5 Å². The molecule has 0 bridgehead atoms. The predicted molar refractivity (Wildman–Crippen MR) is 133 cm³/mol. The summed E-state index contributed by atoms with van der Waals surface area (Å²) in [6.07, 6.45) is 2.61. The number of amides is 2. The highest BCUT2D eigenvalue weighted by molar-refractivity contribution is 6.76. The van der Waals surface area contributed by atoms with Gasteiger partial charge in [-0.05, 0) is 19.0 Å². The van der Waals surface area contributed by atoms with Crippen molar-refractivity contribution in [1.29, 1.82) is 0 Å². The van der Waals surface area contributed by atoms with Gasteiger partial charge in [-0.2, -0.15) is 0 Å². The van der Waals surface area contributed by atoms with Crippen molar-refractivity contribution in [2.24, 2.45) is 5.73 Å². The van der Waals surface area contributed by atoms with Crippen molar-refractivity contribution in [3.05, 3.63) is 29.3 Å². The quantitative estimate of drug-likeness (QED) is 0.294. The van der Waals surface area contributed by atoms with Gasteiger partial charge in [0, 0.05) is 46.7 Å². The van der Waals surface area contributed by atoms with Crippen LogP contribution in [0.15, 0.2) is 23.8 Å². The highest BCUT2D eigenvalue weighted by Crippen LogP contribution is 2.42. The topological polar surface area (TPSA) is 115 Å². The molecular weight excluding hydrogens is 454 g/mol. The van der Waals surface area contributed by atoms with Gasteiger partial charge >= 0.3 is 0 Å². The Morgan fingerprint density at radius 2 is 1.94 bits per heavy atom. The average molecular weight is 492 g/mol. The lowest BCUT2D eigenvalue weighted by atomic mass is 10.0. The zero-order valence-electron chi connectivity index (χ0n) is 20.8. The lowest BCUT2D eigenvalue weighted by Crippen LogP contribution is -2.63. The molecule has 1 aromatic rings. The highest BCUT2D eigenvalue weighted by Gasteiger charge is 2.53.